The van der Waals surface area contributed by atoms with Crippen molar-refractivity contribution < 1.29 is 9.18 Å². The lowest BCUT2D eigenvalue weighted by molar-refractivity contribution is 0.0949. The first kappa shape index (κ1) is 21.8. The molecule has 174 valence electrons. The fourth-order valence-electron chi connectivity index (χ4n) is 3.45. The molecule has 1 aliphatic carbocycles. The van der Waals surface area contributed by atoms with E-state index in [1.54, 1.807) is 32.3 Å². The Balaban J connectivity index is 1.54. The minimum atomic E-state index is -1.03. The first-order chi connectivity index (χ1) is 16.3. The highest BCUT2D eigenvalue weighted by molar-refractivity contribution is 6.30. The number of fused-ring (bicyclic) bond motifs is 1. The van der Waals surface area contributed by atoms with E-state index in [2.05, 4.69) is 36.0 Å². The Morgan fingerprint density at radius 3 is 2.79 bits per heavy atom. The van der Waals surface area contributed by atoms with Gasteiger partial charge in [-0.1, -0.05) is 11.6 Å². The van der Waals surface area contributed by atoms with Crippen LogP contribution in [0.15, 0.2) is 41.6 Å². The first-order valence-electron chi connectivity index (χ1n) is 10.3. The molecule has 1 saturated carbocycles. The van der Waals surface area contributed by atoms with Crippen LogP contribution in [0.1, 0.15) is 22.6 Å². The molecule has 4 aromatic heterocycles. The topological polar surface area (TPSA) is 131 Å². The van der Waals surface area contributed by atoms with Gasteiger partial charge < -0.3 is 16.0 Å². The number of nitrogens with one attached hydrogen (secondary N) is 3. The summed E-state index contributed by atoms with van der Waals surface area (Å²) in [6, 6.07) is 4.19. The van der Waals surface area contributed by atoms with E-state index in [9.17, 15) is 14.0 Å². The third-order valence-electron chi connectivity index (χ3n) is 5.26. The van der Waals surface area contributed by atoms with Gasteiger partial charge in [-0.05, 0) is 19.1 Å². The van der Waals surface area contributed by atoms with Gasteiger partial charge in [0.25, 0.3) is 11.5 Å². The number of pyridine rings is 1. The molecule has 4 heterocycles. The summed E-state index contributed by atoms with van der Waals surface area (Å²) in [6.45, 7) is 1.72. The molecule has 0 unspecified atom stereocenters. The van der Waals surface area contributed by atoms with Crippen LogP contribution in [0.5, 0.6) is 0 Å². The van der Waals surface area contributed by atoms with Gasteiger partial charge in [0.15, 0.2) is 5.65 Å². The molecular weight excluding hydrogens is 465 g/mol. The summed E-state index contributed by atoms with van der Waals surface area (Å²) in [5, 5.41) is 13.1. The van der Waals surface area contributed by atoms with Crippen molar-refractivity contribution in [3.8, 4) is 5.82 Å². The molecule has 1 aliphatic rings. The lowest BCUT2D eigenvalue weighted by Crippen LogP contribution is -2.27. The molecule has 0 radical (unpaired) electrons. The molecule has 5 rings (SSSR count). The number of hydrogen-bond acceptors (Lipinski definition) is 8. The maximum atomic E-state index is 13.2. The number of amides is 1. The van der Waals surface area contributed by atoms with Crippen LogP contribution in [-0.2, 0) is 0 Å². The quantitative estimate of drug-likeness (QED) is 0.380. The predicted octanol–water partition coefficient (Wildman–Crippen LogP) is 2.26. The minimum absolute atomic E-state index is 0.145. The van der Waals surface area contributed by atoms with Crippen LogP contribution < -0.4 is 21.5 Å². The second-order valence-corrected chi connectivity index (χ2v) is 8.17. The van der Waals surface area contributed by atoms with Gasteiger partial charge >= 0.3 is 0 Å². The van der Waals surface area contributed by atoms with E-state index in [0.29, 0.717) is 28.9 Å². The molecule has 0 aromatic carbocycles. The molecule has 2 atom stereocenters. The highest BCUT2D eigenvalue weighted by Crippen LogP contribution is 2.26. The van der Waals surface area contributed by atoms with Crippen molar-refractivity contribution >= 4 is 40.5 Å². The van der Waals surface area contributed by atoms with E-state index in [4.69, 9.17) is 11.6 Å². The van der Waals surface area contributed by atoms with Gasteiger partial charge in [0.1, 0.15) is 40.7 Å². The third kappa shape index (κ3) is 4.03. The Morgan fingerprint density at radius 1 is 1.29 bits per heavy atom. The number of hydrogen-bond donors (Lipinski definition) is 3. The van der Waals surface area contributed by atoms with Crippen molar-refractivity contribution in [3.05, 3.63) is 63.6 Å². The molecular formula is C21H19ClFN9O2. The summed E-state index contributed by atoms with van der Waals surface area (Å²) >= 11 is 6.27. The Hall–Kier alpha value is -4.06. The third-order valence-corrected chi connectivity index (χ3v) is 5.46. The zero-order valence-corrected chi connectivity index (χ0v) is 18.8. The van der Waals surface area contributed by atoms with Crippen LogP contribution in [0.3, 0.4) is 0 Å². The summed E-state index contributed by atoms with van der Waals surface area (Å²) in [5.74, 6) is 1.17. The Kier molecular flexibility index (Phi) is 5.36. The van der Waals surface area contributed by atoms with E-state index >= 15 is 0 Å². The van der Waals surface area contributed by atoms with Crippen molar-refractivity contribution in [2.75, 3.05) is 17.7 Å². The number of rotatable bonds is 6. The lowest BCUT2D eigenvalue weighted by Gasteiger charge is -2.12. The summed E-state index contributed by atoms with van der Waals surface area (Å²) in [7, 11) is 1.68. The summed E-state index contributed by atoms with van der Waals surface area (Å²) in [5.41, 5.74) is 0.145. The second kappa shape index (κ2) is 8.37. The van der Waals surface area contributed by atoms with E-state index in [1.165, 1.54) is 27.5 Å². The molecule has 13 heteroatoms. The standard InChI is InChI=1S/C21H19ClFN9O2/c1-10-25-4-3-17(27-10)31-9-11(22)5-15(21(31)34)28-16-7-18(24-2)32-19(30-16)12(8-26-32)20(33)29-14-6-13(14)23/h3-5,7-9,13-14,24H,6H2,1-2H3,(H,28,30)(H,29,33)/t13-,14+/m1/s1. The maximum absolute atomic E-state index is 13.2. The summed E-state index contributed by atoms with van der Waals surface area (Å²) in [4.78, 5) is 38.6. The molecule has 34 heavy (non-hydrogen) atoms. The van der Waals surface area contributed by atoms with Crippen LogP contribution in [0.2, 0.25) is 5.02 Å². The number of nitrogens with zero attached hydrogens (tertiary/aromatic N) is 6. The molecule has 1 fully saturated rings. The van der Waals surface area contributed by atoms with E-state index in [1.807, 2.05) is 0 Å². The smallest absolute Gasteiger partial charge is 0.280 e. The van der Waals surface area contributed by atoms with E-state index in [-0.39, 0.29) is 22.7 Å². The van der Waals surface area contributed by atoms with E-state index < -0.39 is 23.7 Å². The van der Waals surface area contributed by atoms with Gasteiger partial charge in [-0.15, -0.1) is 0 Å². The molecule has 1 amide bonds. The number of anilines is 3. The monoisotopic (exact) mass is 483 g/mol. The molecule has 0 aliphatic heterocycles. The summed E-state index contributed by atoms with van der Waals surface area (Å²) in [6.07, 6.45) is 3.63. The van der Waals surface area contributed by atoms with Crippen LogP contribution in [0.25, 0.3) is 11.5 Å². The van der Waals surface area contributed by atoms with Crippen molar-refractivity contribution in [1.29, 1.82) is 0 Å². The van der Waals surface area contributed by atoms with E-state index in [0.717, 1.165) is 0 Å². The Bertz CT molecular complexity index is 1490. The average molecular weight is 484 g/mol. The maximum Gasteiger partial charge on any atom is 0.280 e. The zero-order valence-electron chi connectivity index (χ0n) is 18.1. The van der Waals surface area contributed by atoms with Crippen LogP contribution in [-0.4, -0.2) is 54.3 Å². The number of aromatic nitrogens is 6. The Morgan fingerprint density at radius 2 is 2.09 bits per heavy atom. The highest BCUT2D eigenvalue weighted by Gasteiger charge is 2.39. The first-order valence-corrected chi connectivity index (χ1v) is 10.7. The number of carbonyl (C=O) groups is 1. The number of alkyl halides is 1. The van der Waals surface area contributed by atoms with Gasteiger partial charge in [-0.3, -0.25) is 14.2 Å². The van der Waals surface area contributed by atoms with Crippen LogP contribution in [0.4, 0.5) is 21.7 Å². The van der Waals surface area contributed by atoms with Crippen molar-refractivity contribution in [2.45, 2.75) is 25.6 Å². The molecule has 4 aromatic rings. The number of halogens is 2. The molecule has 11 nitrogen and oxygen atoms in total. The lowest BCUT2D eigenvalue weighted by atomic mass is 10.3. The van der Waals surface area contributed by atoms with Crippen LogP contribution >= 0.6 is 11.6 Å². The van der Waals surface area contributed by atoms with Crippen molar-refractivity contribution in [3.63, 3.8) is 0 Å². The average Bonchev–Trinajstić information content (AvgIpc) is 3.32. The zero-order chi connectivity index (χ0) is 24.0. The van der Waals surface area contributed by atoms with Crippen molar-refractivity contribution in [2.24, 2.45) is 0 Å². The van der Waals surface area contributed by atoms with Gasteiger partial charge in [0, 0.05) is 31.9 Å². The largest absolute Gasteiger partial charge is 0.373 e. The highest BCUT2D eigenvalue weighted by atomic mass is 35.5. The molecule has 0 bridgehead atoms. The normalized spacial score (nSPS) is 16.9. The van der Waals surface area contributed by atoms with Gasteiger partial charge in [-0.25, -0.2) is 19.3 Å². The van der Waals surface area contributed by atoms with Crippen LogP contribution in [0, 0.1) is 6.92 Å². The molecule has 3 N–H and O–H groups in total. The van der Waals surface area contributed by atoms with Gasteiger partial charge in [0.05, 0.1) is 17.3 Å². The fourth-order valence-corrected chi connectivity index (χ4v) is 3.66. The molecule has 0 saturated heterocycles. The predicted molar refractivity (Wildman–Crippen MR) is 124 cm³/mol. The second-order valence-electron chi connectivity index (χ2n) is 7.74. The van der Waals surface area contributed by atoms with Gasteiger partial charge in [-0.2, -0.15) is 9.61 Å². The minimum Gasteiger partial charge on any atom is -0.373 e. The fraction of sp³-hybridized carbons (Fsp3) is 0.238. The number of carbonyl (C=O) groups excluding carboxylic acids is 1. The molecule has 0 spiro atoms. The number of aryl methyl sites for hydroxylation is 1. The summed E-state index contributed by atoms with van der Waals surface area (Å²) < 4.78 is 16.0. The SMILES string of the molecule is CNc1cc(Nc2cc(Cl)cn(-c3ccnc(C)n3)c2=O)nc2c(C(=O)N[C@H]3C[C@H]3F)cnn12. The Labute approximate surface area is 197 Å². The van der Waals surface area contributed by atoms with Gasteiger partial charge in [0.2, 0.25) is 0 Å². The van der Waals surface area contributed by atoms with Crippen molar-refractivity contribution in [1.82, 2.24) is 34.4 Å².